The van der Waals surface area contributed by atoms with Gasteiger partial charge in [0.05, 0.1) is 17.3 Å². The SMILES string of the molecule is C[C@H]1[C@@H](OCCNS(=O)(=O)c2cccc(N)c2Cl)O[C@@H]2O[C@@]3(C)CCC4[C@H](C)CC[C@@H]1[C@]42OO3. The predicted octanol–water partition coefficient (Wildman–Crippen LogP) is 3.43. The van der Waals surface area contributed by atoms with Crippen LogP contribution in [0.15, 0.2) is 23.1 Å². The Balaban J connectivity index is 1.26. The van der Waals surface area contributed by atoms with Crippen LogP contribution in [0.3, 0.4) is 0 Å². The number of benzene rings is 1. The maximum Gasteiger partial charge on any atom is 0.242 e. The highest BCUT2D eigenvalue weighted by atomic mass is 35.5. The van der Waals surface area contributed by atoms with Crippen LogP contribution < -0.4 is 10.5 Å². The zero-order valence-corrected chi connectivity index (χ0v) is 21.2. The molecule has 1 aliphatic carbocycles. The summed E-state index contributed by atoms with van der Waals surface area (Å²) in [5.41, 5.74) is 5.29. The van der Waals surface area contributed by atoms with Crippen molar-refractivity contribution in [2.45, 2.75) is 75.3 Å². The molecule has 1 spiro atoms. The lowest BCUT2D eigenvalue weighted by molar-refractivity contribution is -0.577. The molecule has 2 bridgehead atoms. The summed E-state index contributed by atoms with van der Waals surface area (Å²) in [6, 6.07) is 4.51. The molecular weight excluding hydrogens is 484 g/mol. The number of nitrogens with two attached hydrogens (primary N) is 1. The van der Waals surface area contributed by atoms with Crippen LogP contribution in [-0.4, -0.2) is 45.5 Å². The normalized spacial score (nSPS) is 41.6. The van der Waals surface area contributed by atoms with Crippen LogP contribution in [0, 0.1) is 23.7 Å². The standard InChI is InChI=1S/C23H33ClN2O7S/c1-13-7-8-16-14(2)20(30-21-23(16)15(13)9-10-22(3,31-21)32-33-23)29-12-11-26-34(27,28)18-6-4-5-17(25)19(18)24/h4-6,13-16,20-21,26H,7-12,25H2,1-3H3/t13-,14-,15?,16+,20+,21-,22-,23-/m1/s1. The molecule has 8 atom stereocenters. The molecule has 34 heavy (non-hydrogen) atoms. The fourth-order valence-electron chi connectivity index (χ4n) is 6.23. The number of sulfonamides is 1. The van der Waals surface area contributed by atoms with Gasteiger partial charge in [-0.2, -0.15) is 0 Å². The predicted molar refractivity (Wildman–Crippen MR) is 124 cm³/mol. The first kappa shape index (κ1) is 24.7. The lowest BCUT2D eigenvalue weighted by Crippen LogP contribution is -2.70. The highest BCUT2D eigenvalue weighted by molar-refractivity contribution is 7.89. The summed E-state index contributed by atoms with van der Waals surface area (Å²) >= 11 is 6.08. The fourth-order valence-corrected chi connectivity index (χ4v) is 7.78. The quantitative estimate of drug-likeness (QED) is 0.335. The van der Waals surface area contributed by atoms with Crippen LogP contribution in [0.5, 0.6) is 0 Å². The average molecular weight is 517 g/mol. The van der Waals surface area contributed by atoms with Crippen LogP contribution in [-0.2, 0) is 34.0 Å². The molecule has 190 valence electrons. The molecule has 5 aliphatic rings. The van der Waals surface area contributed by atoms with E-state index >= 15 is 0 Å². The third kappa shape index (κ3) is 3.96. The molecule has 1 saturated carbocycles. The van der Waals surface area contributed by atoms with Crippen molar-refractivity contribution >= 4 is 27.3 Å². The van der Waals surface area contributed by atoms with Gasteiger partial charge in [-0.1, -0.05) is 31.5 Å². The second-order valence-electron chi connectivity index (χ2n) is 10.2. The van der Waals surface area contributed by atoms with Gasteiger partial charge in [-0.15, -0.1) is 0 Å². The molecule has 4 saturated heterocycles. The fraction of sp³-hybridized carbons (Fsp3) is 0.739. The van der Waals surface area contributed by atoms with Gasteiger partial charge in [0.25, 0.3) is 0 Å². The second-order valence-corrected chi connectivity index (χ2v) is 12.3. The van der Waals surface area contributed by atoms with E-state index in [-0.39, 0.29) is 46.5 Å². The Morgan fingerprint density at radius 2 is 2.00 bits per heavy atom. The number of ether oxygens (including phenoxy) is 3. The Hall–Kier alpha value is -0.980. The number of hydrogen-bond acceptors (Lipinski definition) is 8. The Kier molecular flexibility index (Phi) is 6.43. The van der Waals surface area contributed by atoms with Crippen molar-refractivity contribution in [3.05, 3.63) is 23.2 Å². The molecule has 1 aromatic carbocycles. The maximum atomic E-state index is 12.7. The van der Waals surface area contributed by atoms with Crippen molar-refractivity contribution in [2.75, 3.05) is 18.9 Å². The summed E-state index contributed by atoms with van der Waals surface area (Å²) in [5, 5.41) is 0.00260. The number of fused-ring (bicyclic) bond motifs is 2. The van der Waals surface area contributed by atoms with Crippen LogP contribution in [0.4, 0.5) is 5.69 Å². The summed E-state index contributed by atoms with van der Waals surface area (Å²) in [5.74, 6) is 0.0604. The third-order valence-electron chi connectivity index (χ3n) is 8.06. The lowest BCUT2D eigenvalue weighted by atomic mass is 9.58. The van der Waals surface area contributed by atoms with Gasteiger partial charge in [-0.05, 0) is 50.2 Å². The van der Waals surface area contributed by atoms with E-state index in [1.807, 2.05) is 6.92 Å². The minimum absolute atomic E-state index is 0.00260. The van der Waals surface area contributed by atoms with E-state index in [0.29, 0.717) is 5.92 Å². The Morgan fingerprint density at radius 3 is 2.79 bits per heavy atom. The minimum atomic E-state index is -3.83. The Labute approximate surface area is 205 Å². The molecule has 1 unspecified atom stereocenters. The summed E-state index contributed by atoms with van der Waals surface area (Å²) in [4.78, 5) is 11.9. The van der Waals surface area contributed by atoms with Crippen LogP contribution >= 0.6 is 11.6 Å². The van der Waals surface area contributed by atoms with Crippen LogP contribution in [0.1, 0.15) is 46.5 Å². The van der Waals surface area contributed by atoms with Crippen LogP contribution in [0.2, 0.25) is 5.02 Å². The Bertz CT molecular complexity index is 1040. The molecular formula is C23H33ClN2O7S. The molecule has 4 aliphatic heterocycles. The van der Waals surface area contributed by atoms with Crippen molar-refractivity contribution in [2.24, 2.45) is 23.7 Å². The molecule has 0 amide bonds. The second kappa shape index (κ2) is 8.85. The van der Waals surface area contributed by atoms with E-state index in [1.54, 1.807) is 12.1 Å². The van der Waals surface area contributed by atoms with Gasteiger partial charge < -0.3 is 19.9 Å². The molecule has 6 rings (SSSR count). The summed E-state index contributed by atoms with van der Waals surface area (Å²) in [7, 11) is -3.83. The molecule has 0 radical (unpaired) electrons. The number of hydrogen-bond donors (Lipinski definition) is 2. The molecule has 9 nitrogen and oxygen atoms in total. The van der Waals surface area contributed by atoms with E-state index < -0.39 is 34.0 Å². The van der Waals surface area contributed by atoms with Gasteiger partial charge in [-0.25, -0.2) is 22.9 Å². The summed E-state index contributed by atoms with van der Waals surface area (Å²) in [6.07, 6.45) is 2.60. The number of nitrogen functional groups attached to an aromatic ring is 1. The molecule has 3 N–H and O–H groups in total. The van der Waals surface area contributed by atoms with Crippen molar-refractivity contribution in [3.63, 3.8) is 0 Å². The van der Waals surface area contributed by atoms with E-state index in [0.717, 1.165) is 25.7 Å². The third-order valence-corrected chi connectivity index (χ3v) is 10.1. The molecule has 5 fully saturated rings. The van der Waals surface area contributed by atoms with Crippen molar-refractivity contribution < 1.29 is 32.4 Å². The van der Waals surface area contributed by atoms with Crippen LogP contribution in [0.25, 0.3) is 0 Å². The summed E-state index contributed by atoms with van der Waals surface area (Å²) < 4.78 is 46.5. The smallest absolute Gasteiger partial charge is 0.242 e. The number of anilines is 1. The minimum Gasteiger partial charge on any atom is -0.397 e. The van der Waals surface area contributed by atoms with Crippen molar-refractivity contribution in [1.29, 1.82) is 0 Å². The number of halogens is 1. The average Bonchev–Trinajstić information content (AvgIpc) is 3.02. The van der Waals surface area contributed by atoms with Crippen molar-refractivity contribution in [1.82, 2.24) is 4.72 Å². The maximum absolute atomic E-state index is 12.7. The molecule has 0 aromatic heterocycles. The first-order valence-electron chi connectivity index (χ1n) is 11.9. The largest absolute Gasteiger partial charge is 0.397 e. The van der Waals surface area contributed by atoms with Gasteiger partial charge in [0.15, 0.2) is 18.2 Å². The van der Waals surface area contributed by atoms with Gasteiger partial charge in [0.2, 0.25) is 15.8 Å². The lowest BCUT2D eigenvalue weighted by Gasteiger charge is -2.60. The number of nitrogens with one attached hydrogen (secondary N) is 1. The van der Waals surface area contributed by atoms with Crippen molar-refractivity contribution in [3.8, 4) is 0 Å². The van der Waals surface area contributed by atoms with E-state index in [2.05, 4.69) is 18.6 Å². The topological polar surface area (TPSA) is 118 Å². The van der Waals surface area contributed by atoms with Gasteiger partial charge in [0.1, 0.15) is 4.90 Å². The van der Waals surface area contributed by atoms with Gasteiger partial charge >= 0.3 is 0 Å². The first-order valence-corrected chi connectivity index (χ1v) is 13.8. The van der Waals surface area contributed by atoms with E-state index in [4.69, 9.17) is 41.3 Å². The highest BCUT2D eigenvalue weighted by Gasteiger charge is 2.69. The van der Waals surface area contributed by atoms with E-state index in [1.165, 1.54) is 6.07 Å². The monoisotopic (exact) mass is 516 g/mol. The number of rotatable bonds is 6. The zero-order chi connectivity index (χ0) is 24.3. The molecule has 1 aromatic rings. The van der Waals surface area contributed by atoms with E-state index in [9.17, 15) is 8.42 Å². The zero-order valence-electron chi connectivity index (χ0n) is 19.7. The summed E-state index contributed by atoms with van der Waals surface area (Å²) in [6.45, 7) is 6.41. The van der Waals surface area contributed by atoms with Gasteiger partial charge in [-0.3, -0.25) is 0 Å². The van der Waals surface area contributed by atoms with Gasteiger partial charge in [0, 0.05) is 24.8 Å². The highest BCUT2D eigenvalue weighted by Crippen LogP contribution is 2.60. The first-order chi connectivity index (χ1) is 16.1. The Morgan fingerprint density at radius 1 is 1.21 bits per heavy atom. The molecule has 4 heterocycles. The molecule has 11 heteroatoms.